The third-order valence-corrected chi connectivity index (χ3v) is 2.75. The average molecular weight is 289 g/mol. The molecule has 5 heteroatoms. The molecule has 0 unspecified atom stereocenters. The lowest BCUT2D eigenvalue weighted by Crippen LogP contribution is -2.24. The molecule has 112 valence electrons. The molecule has 0 spiro atoms. The number of hydrogen-bond donors (Lipinski definition) is 1. The normalized spacial score (nSPS) is 11.8. The Morgan fingerprint density at radius 2 is 2.14 bits per heavy atom. The van der Waals surface area contributed by atoms with Gasteiger partial charge in [0.15, 0.2) is 11.5 Å². The number of carbonyl (C=O) groups excluding carboxylic acids is 1. The molecule has 1 aromatic carbocycles. The number of carbonyl (C=O) groups is 1. The van der Waals surface area contributed by atoms with Crippen molar-refractivity contribution in [2.24, 2.45) is 5.92 Å². The molecule has 0 saturated heterocycles. The summed E-state index contributed by atoms with van der Waals surface area (Å²) in [5, 5.41) is 2.74. The maximum Gasteiger partial charge on any atom is 0.231 e. The van der Waals surface area contributed by atoms with Crippen LogP contribution in [0.4, 0.5) is 0 Å². The fourth-order valence-corrected chi connectivity index (χ4v) is 1.79. The molecule has 0 atom stereocenters. The number of ether oxygens (including phenoxy) is 3. The van der Waals surface area contributed by atoms with Crippen LogP contribution in [-0.2, 0) is 4.79 Å². The fraction of sp³-hybridized carbons (Fsp3) is 0.438. The Morgan fingerprint density at radius 3 is 2.95 bits per heavy atom. The van der Waals surface area contributed by atoms with Crippen molar-refractivity contribution in [2.75, 3.05) is 19.9 Å². The Labute approximate surface area is 124 Å². The quantitative estimate of drug-likeness (QED) is 0.842. The first kappa shape index (κ1) is 15.0. The second-order valence-electron chi connectivity index (χ2n) is 5.03. The molecule has 2 rings (SSSR count). The lowest BCUT2D eigenvalue weighted by molar-refractivity contribution is -0.121. The van der Waals surface area contributed by atoms with Crippen LogP contribution in [0.25, 0.3) is 0 Å². The van der Waals surface area contributed by atoms with Gasteiger partial charge in [0.2, 0.25) is 12.7 Å². The summed E-state index contributed by atoms with van der Waals surface area (Å²) in [6.07, 6.45) is 0.523. The van der Waals surface area contributed by atoms with E-state index in [0.29, 0.717) is 30.4 Å². The molecule has 1 N–H and O–H groups in total. The van der Waals surface area contributed by atoms with Crippen molar-refractivity contribution < 1.29 is 19.0 Å². The van der Waals surface area contributed by atoms with Crippen LogP contribution in [0.2, 0.25) is 0 Å². The molecule has 0 radical (unpaired) electrons. The van der Waals surface area contributed by atoms with E-state index in [1.165, 1.54) is 0 Å². The highest BCUT2D eigenvalue weighted by Crippen LogP contribution is 2.34. The Kier molecular flexibility index (Phi) is 5.33. The van der Waals surface area contributed by atoms with Crippen molar-refractivity contribution in [3.63, 3.8) is 0 Å². The van der Waals surface area contributed by atoms with Gasteiger partial charge in [0.25, 0.3) is 0 Å². The Bertz CT molecular complexity index is 557. The zero-order chi connectivity index (χ0) is 15.1. The van der Waals surface area contributed by atoms with Gasteiger partial charge in [-0.3, -0.25) is 4.79 Å². The van der Waals surface area contributed by atoms with E-state index in [1.807, 2.05) is 13.8 Å². The van der Waals surface area contributed by atoms with Crippen LogP contribution in [0.5, 0.6) is 17.2 Å². The van der Waals surface area contributed by atoms with Crippen LogP contribution in [0.15, 0.2) is 18.2 Å². The number of nitrogens with one attached hydrogen (secondary N) is 1. The molecule has 5 nitrogen and oxygen atoms in total. The summed E-state index contributed by atoms with van der Waals surface area (Å²) in [4.78, 5) is 11.4. The second-order valence-corrected chi connectivity index (χ2v) is 5.03. The molecule has 0 aliphatic carbocycles. The molecule has 0 saturated carbocycles. The van der Waals surface area contributed by atoms with Crippen LogP contribution in [0.3, 0.4) is 0 Å². The van der Waals surface area contributed by atoms with E-state index in [-0.39, 0.29) is 19.3 Å². The van der Waals surface area contributed by atoms with Crippen molar-refractivity contribution in [1.82, 2.24) is 5.32 Å². The smallest absolute Gasteiger partial charge is 0.231 e. The van der Waals surface area contributed by atoms with Gasteiger partial charge in [0, 0.05) is 12.5 Å². The number of rotatable bonds is 5. The van der Waals surface area contributed by atoms with E-state index in [1.54, 1.807) is 18.2 Å². The summed E-state index contributed by atoms with van der Waals surface area (Å²) in [5.41, 5.74) is 0. The maximum atomic E-state index is 11.4. The summed E-state index contributed by atoms with van der Waals surface area (Å²) in [6, 6.07) is 5.38. The first-order valence-corrected chi connectivity index (χ1v) is 6.90. The molecule has 1 aromatic rings. The number of hydrogen-bond acceptors (Lipinski definition) is 4. The SMILES string of the molecule is CC(C)CC(=O)NCC#CCOc1ccc2c(c1)OCO2. The van der Waals surface area contributed by atoms with Crippen molar-refractivity contribution in [3.05, 3.63) is 18.2 Å². The first-order chi connectivity index (χ1) is 10.1. The average Bonchev–Trinajstić information content (AvgIpc) is 2.89. The first-order valence-electron chi connectivity index (χ1n) is 6.90. The van der Waals surface area contributed by atoms with Crippen LogP contribution < -0.4 is 19.5 Å². The summed E-state index contributed by atoms with van der Waals surface area (Å²) >= 11 is 0. The summed E-state index contributed by atoms with van der Waals surface area (Å²) in [5.74, 6) is 8.16. The lowest BCUT2D eigenvalue weighted by atomic mass is 10.1. The predicted molar refractivity (Wildman–Crippen MR) is 78.3 cm³/mol. The molecular formula is C16H19NO4. The van der Waals surface area contributed by atoms with E-state index in [4.69, 9.17) is 14.2 Å². The maximum absolute atomic E-state index is 11.4. The zero-order valence-corrected chi connectivity index (χ0v) is 12.3. The third kappa shape index (κ3) is 4.92. The number of amides is 1. The molecule has 0 aromatic heterocycles. The Morgan fingerprint density at radius 1 is 1.33 bits per heavy atom. The Balaban J connectivity index is 1.68. The van der Waals surface area contributed by atoms with Crippen LogP contribution in [0.1, 0.15) is 20.3 Å². The highest BCUT2D eigenvalue weighted by Gasteiger charge is 2.13. The molecule has 1 aliphatic heterocycles. The van der Waals surface area contributed by atoms with E-state index < -0.39 is 0 Å². The van der Waals surface area contributed by atoms with Gasteiger partial charge < -0.3 is 19.5 Å². The second kappa shape index (κ2) is 7.44. The van der Waals surface area contributed by atoms with Gasteiger partial charge in [-0.25, -0.2) is 0 Å². The Hall–Kier alpha value is -2.35. The predicted octanol–water partition coefficient (Wildman–Crippen LogP) is 1.96. The van der Waals surface area contributed by atoms with Crippen LogP contribution in [0, 0.1) is 17.8 Å². The van der Waals surface area contributed by atoms with Gasteiger partial charge in [0.05, 0.1) is 6.54 Å². The molecule has 0 fully saturated rings. The highest BCUT2D eigenvalue weighted by molar-refractivity contribution is 5.76. The zero-order valence-electron chi connectivity index (χ0n) is 12.3. The topological polar surface area (TPSA) is 56.8 Å². The third-order valence-electron chi connectivity index (χ3n) is 2.75. The van der Waals surface area contributed by atoms with Crippen molar-refractivity contribution in [1.29, 1.82) is 0 Å². The number of benzene rings is 1. The lowest BCUT2D eigenvalue weighted by Gasteiger charge is -2.04. The van der Waals surface area contributed by atoms with E-state index in [2.05, 4.69) is 17.2 Å². The van der Waals surface area contributed by atoms with Gasteiger partial charge in [-0.1, -0.05) is 25.7 Å². The molecule has 21 heavy (non-hydrogen) atoms. The summed E-state index contributed by atoms with van der Waals surface area (Å²) < 4.78 is 16.0. The highest BCUT2D eigenvalue weighted by atomic mass is 16.7. The minimum absolute atomic E-state index is 0.0241. The summed E-state index contributed by atoms with van der Waals surface area (Å²) in [6.45, 7) is 4.86. The molecule has 1 aliphatic rings. The van der Waals surface area contributed by atoms with E-state index in [9.17, 15) is 4.79 Å². The molecule has 1 amide bonds. The molecule has 0 bridgehead atoms. The van der Waals surface area contributed by atoms with Crippen molar-refractivity contribution >= 4 is 5.91 Å². The van der Waals surface area contributed by atoms with Crippen molar-refractivity contribution in [3.8, 4) is 29.1 Å². The van der Waals surface area contributed by atoms with Gasteiger partial charge in [-0.05, 0) is 18.1 Å². The molecule has 1 heterocycles. The van der Waals surface area contributed by atoms with Gasteiger partial charge >= 0.3 is 0 Å². The van der Waals surface area contributed by atoms with Crippen molar-refractivity contribution in [2.45, 2.75) is 20.3 Å². The van der Waals surface area contributed by atoms with E-state index in [0.717, 1.165) is 5.75 Å². The van der Waals surface area contributed by atoms with Crippen LogP contribution in [-0.4, -0.2) is 25.9 Å². The van der Waals surface area contributed by atoms with Gasteiger partial charge in [0.1, 0.15) is 12.4 Å². The minimum Gasteiger partial charge on any atom is -0.481 e. The summed E-state index contributed by atoms with van der Waals surface area (Å²) in [7, 11) is 0. The van der Waals surface area contributed by atoms with Crippen LogP contribution >= 0.6 is 0 Å². The molecular weight excluding hydrogens is 270 g/mol. The fourth-order valence-electron chi connectivity index (χ4n) is 1.79. The monoisotopic (exact) mass is 289 g/mol. The van der Waals surface area contributed by atoms with Gasteiger partial charge in [-0.15, -0.1) is 0 Å². The van der Waals surface area contributed by atoms with E-state index >= 15 is 0 Å². The van der Waals surface area contributed by atoms with Gasteiger partial charge in [-0.2, -0.15) is 0 Å². The number of fused-ring (bicyclic) bond motifs is 1. The minimum atomic E-state index is 0.0241. The standard InChI is InChI=1S/C16H19NO4/c1-12(2)9-16(18)17-7-3-4-8-19-13-5-6-14-15(10-13)21-11-20-14/h5-6,10,12H,7-9,11H2,1-2H3,(H,17,18). The largest absolute Gasteiger partial charge is 0.481 e.